The van der Waals surface area contributed by atoms with Crippen molar-refractivity contribution in [1.82, 2.24) is 4.90 Å². The highest BCUT2D eigenvalue weighted by Gasteiger charge is 2.21. The molecule has 1 aromatic heterocycles. The monoisotopic (exact) mass is 394 g/mol. The molecule has 2 aromatic carbocycles. The fraction of sp³-hybridized carbons (Fsp3) is 0.217. The molecule has 0 saturated heterocycles. The maximum absolute atomic E-state index is 13.7. The minimum absolute atomic E-state index is 0.0444. The first-order valence-corrected chi connectivity index (χ1v) is 9.38. The van der Waals surface area contributed by atoms with Gasteiger partial charge in [0.25, 0.3) is 5.91 Å². The van der Waals surface area contributed by atoms with Gasteiger partial charge in [0.05, 0.1) is 11.3 Å². The molecule has 3 rings (SSSR count). The van der Waals surface area contributed by atoms with E-state index in [0.717, 1.165) is 5.56 Å². The predicted molar refractivity (Wildman–Crippen MR) is 109 cm³/mol. The van der Waals surface area contributed by atoms with Crippen molar-refractivity contribution in [2.45, 2.75) is 26.8 Å². The lowest BCUT2D eigenvalue weighted by Gasteiger charge is -2.22. The lowest BCUT2D eigenvalue weighted by molar-refractivity contribution is -0.116. The highest BCUT2D eigenvalue weighted by Crippen LogP contribution is 2.18. The van der Waals surface area contributed by atoms with Crippen molar-refractivity contribution in [2.24, 2.45) is 0 Å². The molecule has 3 aromatic rings. The number of halogens is 1. The third-order valence-electron chi connectivity index (χ3n) is 4.53. The number of carbonyl (C=O) groups excluding carboxylic acids is 2. The van der Waals surface area contributed by atoms with E-state index in [1.807, 2.05) is 30.3 Å². The summed E-state index contributed by atoms with van der Waals surface area (Å²) < 4.78 is 19.2. The topological polar surface area (TPSA) is 62.6 Å². The van der Waals surface area contributed by atoms with Crippen LogP contribution >= 0.6 is 0 Å². The molecule has 0 aliphatic carbocycles. The minimum Gasteiger partial charge on any atom is -0.466 e. The lowest BCUT2D eigenvalue weighted by atomic mass is 10.1. The van der Waals surface area contributed by atoms with E-state index < -0.39 is 5.82 Å². The van der Waals surface area contributed by atoms with Crippen LogP contribution in [0.3, 0.4) is 0 Å². The molecule has 0 bridgehead atoms. The van der Waals surface area contributed by atoms with Crippen LogP contribution in [0.2, 0.25) is 0 Å². The third kappa shape index (κ3) is 5.31. The molecule has 150 valence electrons. The zero-order valence-corrected chi connectivity index (χ0v) is 16.4. The van der Waals surface area contributed by atoms with Crippen molar-refractivity contribution in [1.29, 1.82) is 0 Å². The zero-order chi connectivity index (χ0) is 20.8. The van der Waals surface area contributed by atoms with E-state index in [-0.39, 0.29) is 30.5 Å². The number of rotatable bonds is 7. The molecule has 0 aliphatic rings. The van der Waals surface area contributed by atoms with Crippen molar-refractivity contribution in [3.8, 4) is 0 Å². The molecule has 0 unspecified atom stereocenters. The van der Waals surface area contributed by atoms with Crippen LogP contribution in [-0.4, -0.2) is 23.3 Å². The van der Waals surface area contributed by atoms with Crippen molar-refractivity contribution < 1.29 is 18.4 Å². The Bertz CT molecular complexity index is 998. The second kappa shape index (κ2) is 9.19. The molecule has 5 nitrogen and oxygen atoms in total. The van der Waals surface area contributed by atoms with Gasteiger partial charge in [-0.1, -0.05) is 42.5 Å². The molecule has 0 aliphatic heterocycles. The maximum Gasteiger partial charge on any atom is 0.257 e. The molecule has 2 amide bonds. The van der Waals surface area contributed by atoms with Crippen molar-refractivity contribution in [3.05, 3.63) is 89.1 Å². The van der Waals surface area contributed by atoms with Crippen LogP contribution in [-0.2, 0) is 11.3 Å². The first-order valence-electron chi connectivity index (χ1n) is 9.38. The summed E-state index contributed by atoms with van der Waals surface area (Å²) in [5.74, 6) is 0.134. The molecule has 6 heteroatoms. The molecule has 1 N–H and O–H groups in total. The van der Waals surface area contributed by atoms with Crippen molar-refractivity contribution in [2.75, 3.05) is 11.9 Å². The number of aryl methyl sites for hydroxylation is 2. The Morgan fingerprint density at radius 1 is 1.03 bits per heavy atom. The molecular weight excluding hydrogens is 371 g/mol. The quantitative estimate of drug-likeness (QED) is 0.631. The average molecular weight is 394 g/mol. The Kier molecular flexibility index (Phi) is 6.44. The SMILES string of the molecule is Cc1cc(C(=O)N(CCC(=O)Nc2ccccc2F)Cc2ccccc2)c(C)o1. The lowest BCUT2D eigenvalue weighted by Crippen LogP contribution is -2.33. The van der Waals surface area contributed by atoms with Crippen LogP contribution in [0.25, 0.3) is 0 Å². The van der Waals surface area contributed by atoms with Crippen LogP contribution in [0, 0.1) is 19.7 Å². The van der Waals surface area contributed by atoms with Gasteiger partial charge < -0.3 is 14.6 Å². The summed E-state index contributed by atoms with van der Waals surface area (Å²) in [6, 6.07) is 17.2. The number of carbonyl (C=O) groups is 2. The summed E-state index contributed by atoms with van der Waals surface area (Å²) in [7, 11) is 0. The van der Waals surface area contributed by atoms with E-state index in [4.69, 9.17) is 4.42 Å². The number of hydrogen-bond acceptors (Lipinski definition) is 3. The second-order valence-corrected chi connectivity index (χ2v) is 6.82. The number of benzene rings is 2. The van der Waals surface area contributed by atoms with Gasteiger partial charge in [0.2, 0.25) is 5.91 Å². The van der Waals surface area contributed by atoms with Crippen molar-refractivity contribution >= 4 is 17.5 Å². The van der Waals surface area contributed by atoms with Gasteiger partial charge >= 0.3 is 0 Å². The van der Waals surface area contributed by atoms with Gasteiger partial charge in [-0.25, -0.2) is 4.39 Å². The minimum atomic E-state index is -0.498. The van der Waals surface area contributed by atoms with Gasteiger partial charge in [-0.3, -0.25) is 9.59 Å². The summed E-state index contributed by atoms with van der Waals surface area (Å²) in [4.78, 5) is 27.0. The van der Waals surface area contributed by atoms with E-state index >= 15 is 0 Å². The first-order chi connectivity index (χ1) is 13.9. The van der Waals surface area contributed by atoms with E-state index in [1.54, 1.807) is 36.9 Å². The Balaban J connectivity index is 1.72. The Hall–Kier alpha value is -3.41. The molecule has 0 saturated carbocycles. The van der Waals surface area contributed by atoms with Crippen LogP contribution in [0.4, 0.5) is 10.1 Å². The highest BCUT2D eigenvalue weighted by molar-refractivity contribution is 5.96. The third-order valence-corrected chi connectivity index (χ3v) is 4.53. The van der Waals surface area contributed by atoms with Gasteiger partial charge in [-0.2, -0.15) is 0 Å². The highest BCUT2D eigenvalue weighted by atomic mass is 19.1. The number of furan rings is 1. The van der Waals surface area contributed by atoms with Gasteiger partial charge in [-0.05, 0) is 37.6 Å². The molecule has 29 heavy (non-hydrogen) atoms. The fourth-order valence-electron chi connectivity index (χ4n) is 3.08. The van der Waals surface area contributed by atoms with E-state index in [0.29, 0.717) is 23.6 Å². The van der Waals surface area contributed by atoms with Gasteiger partial charge in [0, 0.05) is 19.5 Å². The van der Waals surface area contributed by atoms with Crippen LogP contribution in [0.15, 0.2) is 65.1 Å². The van der Waals surface area contributed by atoms with E-state index in [1.165, 1.54) is 12.1 Å². The van der Waals surface area contributed by atoms with Gasteiger partial charge in [0.15, 0.2) is 0 Å². The number of nitrogens with zero attached hydrogens (tertiary/aromatic N) is 1. The maximum atomic E-state index is 13.7. The molecule has 0 spiro atoms. The van der Waals surface area contributed by atoms with Crippen LogP contribution < -0.4 is 5.32 Å². The molecule has 0 atom stereocenters. The summed E-state index contributed by atoms with van der Waals surface area (Å²) in [5, 5.41) is 2.55. The fourth-order valence-corrected chi connectivity index (χ4v) is 3.08. The zero-order valence-electron chi connectivity index (χ0n) is 16.4. The van der Waals surface area contributed by atoms with Crippen LogP contribution in [0.5, 0.6) is 0 Å². The summed E-state index contributed by atoms with van der Waals surface area (Å²) >= 11 is 0. The first kappa shape index (κ1) is 20.3. The van der Waals surface area contributed by atoms with Crippen LogP contribution in [0.1, 0.15) is 33.9 Å². The summed E-state index contributed by atoms with van der Waals surface area (Å²) in [6.45, 7) is 4.08. The average Bonchev–Trinajstić information content (AvgIpc) is 3.05. The smallest absolute Gasteiger partial charge is 0.257 e. The molecule has 0 radical (unpaired) electrons. The Morgan fingerprint density at radius 3 is 2.38 bits per heavy atom. The standard InChI is InChI=1S/C23H23FN2O3/c1-16-14-19(17(2)29-16)23(28)26(15-18-8-4-3-5-9-18)13-12-22(27)25-21-11-7-6-10-20(21)24/h3-11,14H,12-13,15H2,1-2H3,(H,25,27). The number of hydrogen-bond donors (Lipinski definition) is 1. The predicted octanol–water partition coefficient (Wildman–Crippen LogP) is 4.71. The molecule has 0 fully saturated rings. The summed E-state index contributed by atoms with van der Waals surface area (Å²) in [6.07, 6.45) is 0.0444. The number of amides is 2. The normalized spacial score (nSPS) is 10.6. The summed E-state index contributed by atoms with van der Waals surface area (Å²) in [5.41, 5.74) is 1.56. The largest absolute Gasteiger partial charge is 0.466 e. The number of anilines is 1. The van der Waals surface area contributed by atoms with E-state index in [9.17, 15) is 14.0 Å². The Labute approximate surface area is 169 Å². The number of nitrogens with one attached hydrogen (secondary N) is 1. The Morgan fingerprint density at radius 2 is 1.72 bits per heavy atom. The van der Waals surface area contributed by atoms with E-state index in [2.05, 4.69) is 5.32 Å². The number of para-hydroxylation sites is 1. The molecular formula is C23H23FN2O3. The van der Waals surface area contributed by atoms with Gasteiger partial charge in [-0.15, -0.1) is 0 Å². The van der Waals surface area contributed by atoms with Gasteiger partial charge in [0.1, 0.15) is 17.3 Å². The van der Waals surface area contributed by atoms with Crippen molar-refractivity contribution in [3.63, 3.8) is 0 Å². The molecule has 1 heterocycles. The second-order valence-electron chi connectivity index (χ2n) is 6.82.